The zero-order valence-corrected chi connectivity index (χ0v) is 8.23. The van der Waals surface area contributed by atoms with E-state index in [1.54, 1.807) is 25.1 Å². The summed E-state index contributed by atoms with van der Waals surface area (Å²) in [6.45, 7) is 1.75. The van der Waals surface area contributed by atoms with Gasteiger partial charge in [-0.1, -0.05) is 6.08 Å². The number of amides is 2. The molecule has 1 aromatic carbocycles. The summed E-state index contributed by atoms with van der Waals surface area (Å²) < 4.78 is 0. The van der Waals surface area contributed by atoms with Crippen LogP contribution in [0, 0.1) is 0 Å². The van der Waals surface area contributed by atoms with Crippen LogP contribution in [-0.4, -0.2) is 16.7 Å². The summed E-state index contributed by atoms with van der Waals surface area (Å²) in [6, 6.07) is 4.72. The first-order chi connectivity index (χ1) is 7.15. The molecule has 1 aliphatic heterocycles. The van der Waals surface area contributed by atoms with Gasteiger partial charge in [-0.15, -0.1) is 0 Å². The molecule has 2 amide bonds. The number of allylic oxidation sites excluding steroid dienone is 1. The average molecular weight is 202 g/mol. The molecule has 2 rings (SSSR count). The molecule has 0 aromatic heterocycles. The van der Waals surface area contributed by atoms with Gasteiger partial charge in [-0.25, -0.2) is 4.90 Å². The third-order valence-electron chi connectivity index (χ3n) is 2.24. The average Bonchev–Trinajstić information content (AvgIpc) is 2.44. The number of nitrogens with two attached hydrogens (primary N) is 1. The lowest BCUT2D eigenvalue weighted by molar-refractivity contribution is 0.0721. The first-order valence-electron chi connectivity index (χ1n) is 4.55. The Morgan fingerprint density at radius 3 is 2.53 bits per heavy atom. The molecular formula is C11H10N2O2. The van der Waals surface area contributed by atoms with Gasteiger partial charge in [-0.05, 0) is 25.1 Å². The smallest absolute Gasteiger partial charge is 0.265 e. The third kappa shape index (κ3) is 1.30. The Morgan fingerprint density at radius 2 is 1.87 bits per heavy atom. The van der Waals surface area contributed by atoms with Crippen LogP contribution in [0.3, 0.4) is 0 Å². The van der Waals surface area contributed by atoms with Gasteiger partial charge in [-0.2, -0.15) is 0 Å². The Bertz CT molecular complexity index is 477. The van der Waals surface area contributed by atoms with Crippen molar-refractivity contribution in [1.82, 2.24) is 4.90 Å². The Labute approximate surface area is 87.0 Å². The second kappa shape index (κ2) is 3.24. The minimum atomic E-state index is -0.319. The van der Waals surface area contributed by atoms with Gasteiger partial charge < -0.3 is 5.73 Å². The fraction of sp³-hybridized carbons (Fsp3) is 0.0909. The molecule has 4 heteroatoms. The fourth-order valence-corrected chi connectivity index (χ4v) is 1.56. The molecule has 2 N–H and O–H groups in total. The van der Waals surface area contributed by atoms with Crippen molar-refractivity contribution in [3.8, 4) is 0 Å². The van der Waals surface area contributed by atoms with Gasteiger partial charge in [0.25, 0.3) is 11.8 Å². The lowest BCUT2D eigenvalue weighted by Crippen LogP contribution is -2.23. The van der Waals surface area contributed by atoms with Crippen LogP contribution in [0.4, 0.5) is 5.69 Å². The monoisotopic (exact) mass is 202 g/mol. The molecule has 0 aliphatic carbocycles. The molecule has 0 bridgehead atoms. The minimum Gasteiger partial charge on any atom is -0.399 e. The number of nitrogens with zero attached hydrogens (tertiary/aromatic N) is 1. The molecular weight excluding hydrogens is 192 g/mol. The zero-order chi connectivity index (χ0) is 11.0. The van der Waals surface area contributed by atoms with Crippen molar-refractivity contribution in [3.05, 3.63) is 41.6 Å². The van der Waals surface area contributed by atoms with E-state index >= 15 is 0 Å². The highest BCUT2D eigenvalue weighted by Crippen LogP contribution is 2.24. The van der Waals surface area contributed by atoms with E-state index in [1.165, 1.54) is 12.3 Å². The summed E-state index contributed by atoms with van der Waals surface area (Å²) in [4.78, 5) is 24.6. The van der Waals surface area contributed by atoms with Crippen LogP contribution in [0.2, 0.25) is 0 Å². The SMILES string of the molecule is CC=CN1C(=O)c2ccc(N)cc2C1=O. The Morgan fingerprint density at radius 1 is 1.20 bits per heavy atom. The summed E-state index contributed by atoms with van der Waals surface area (Å²) in [5.74, 6) is -0.617. The highest BCUT2D eigenvalue weighted by atomic mass is 16.2. The maximum atomic E-state index is 11.7. The van der Waals surface area contributed by atoms with E-state index in [4.69, 9.17) is 5.73 Å². The molecule has 0 saturated carbocycles. The standard InChI is InChI=1S/C11H10N2O2/c1-2-5-13-10(14)8-4-3-7(12)6-9(8)11(13)15/h2-6H,12H2,1H3. The van der Waals surface area contributed by atoms with Crippen molar-refractivity contribution in [2.75, 3.05) is 5.73 Å². The van der Waals surface area contributed by atoms with E-state index in [2.05, 4.69) is 0 Å². The molecule has 0 radical (unpaired) electrons. The van der Waals surface area contributed by atoms with Crippen LogP contribution >= 0.6 is 0 Å². The van der Waals surface area contributed by atoms with Crippen molar-refractivity contribution < 1.29 is 9.59 Å². The molecule has 4 nitrogen and oxygen atoms in total. The topological polar surface area (TPSA) is 63.4 Å². The second-order valence-electron chi connectivity index (χ2n) is 3.27. The largest absolute Gasteiger partial charge is 0.399 e. The quantitative estimate of drug-likeness (QED) is 0.553. The Balaban J connectivity index is 2.55. The normalized spacial score (nSPS) is 15.1. The fourth-order valence-electron chi connectivity index (χ4n) is 1.56. The molecule has 0 fully saturated rings. The van der Waals surface area contributed by atoms with E-state index in [-0.39, 0.29) is 11.8 Å². The number of fused-ring (bicyclic) bond motifs is 1. The minimum absolute atomic E-state index is 0.298. The van der Waals surface area contributed by atoms with E-state index in [0.29, 0.717) is 16.8 Å². The summed E-state index contributed by atoms with van der Waals surface area (Å²) >= 11 is 0. The predicted molar refractivity (Wildman–Crippen MR) is 56.2 cm³/mol. The van der Waals surface area contributed by atoms with Crippen LogP contribution in [0.25, 0.3) is 0 Å². The molecule has 1 aromatic rings. The van der Waals surface area contributed by atoms with Gasteiger partial charge in [0.1, 0.15) is 0 Å². The van der Waals surface area contributed by atoms with Gasteiger partial charge in [0.15, 0.2) is 0 Å². The number of rotatable bonds is 1. The molecule has 0 saturated heterocycles. The van der Waals surface area contributed by atoms with Crippen LogP contribution < -0.4 is 5.73 Å². The van der Waals surface area contributed by atoms with Crippen molar-refractivity contribution in [2.45, 2.75) is 6.92 Å². The third-order valence-corrected chi connectivity index (χ3v) is 2.24. The van der Waals surface area contributed by atoms with Gasteiger partial charge in [-0.3, -0.25) is 9.59 Å². The Kier molecular flexibility index (Phi) is 2.04. The van der Waals surface area contributed by atoms with Crippen molar-refractivity contribution in [1.29, 1.82) is 0 Å². The van der Waals surface area contributed by atoms with Crippen LogP contribution in [0.1, 0.15) is 27.6 Å². The predicted octanol–water partition coefficient (Wildman–Crippen LogP) is 1.40. The number of hydrogen-bond acceptors (Lipinski definition) is 3. The summed E-state index contributed by atoms with van der Waals surface area (Å²) in [6.07, 6.45) is 3.10. The molecule has 0 unspecified atom stereocenters. The number of carbonyl (C=O) groups excluding carboxylic acids is 2. The van der Waals surface area contributed by atoms with E-state index in [0.717, 1.165) is 4.90 Å². The van der Waals surface area contributed by atoms with E-state index in [1.807, 2.05) is 0 Å². The van der Waals surface area contributed by atoms with Gasteiger partial charge in [0, 0.05) is 11.9 Å². The van der Waals surface area contributed by atoms with Gasteiger partial charge in [0.05, 0.1) is 11.1 Å². The summed E-state index contributed by atoms with van der Waals surface area (Å²) in [7, 11) is 0. The Hall–Kier alpha value is -2.10. The lowest BCUT2D eigenvalue weighted by atomic mass is 10.1. The van der Waals surface area contributed by atoms with Gasteiger partial charge in [0.2, 0.25) is 0 Å². The van der Waals surface area contributed by atoms with Crippen molar-refractivity contribution >= 4 is 17.5 Å². The van der Waals surface area contributed by atoms with Gasteiger partial charge >= 0.3 is 0 Å². The number of carbonyl (C=O) groups is 2. The van der Waals surface area contributed by atoms with E-state index < -0.39 is 0 Å². The van der Waals surface area contributed by atoms with Crippen molar-refractivity contribution in [2.24, 2.45) is 0 Å². The molecule has 1 aliphatic rings. The molecule has 0 atom stereocenters. The summed E-state index contributed by atoms with van der Waals surface area (Å²) in [5.41, 5.74) is 6.82. The highest BCUT2D eigenvalue weighted by molar-refractivity contribution is 6.22. The van der Waals surface area contributed by atoms with E-state index in [9.17, 15) is 9.59 Å². The molecule has 15 heavy (non-hydrogen) atoms. The number of benzene rings is 1. The molecule has 0 spiro atoms. The first kappa shape index (κ1) is 9.45. The lowest BCUT2D eigenvalue weighted by Gasteiger charge is -2.05. The molecule has 1 heterocycles. The number of hydrogen-bond donors (Lipinski definition) is 1. The van der Waals surface area contributed by atoms with Crippen LogP contribution in [0.15, 0.2) is 30.5 Å². The number of anilines is 1. The second-order valence-corrected chi connectivity index (χ2v) is 3.27. The molecule has 76 valence electrons. The van der Waals surface area contributed by atoms with Crippen LogP contribution in [0.5, 0.6) is 0 Å². The number of nitrogen functional groups attached to an aromatic ring is 1. The number of imide groups is 1. The summed E-state index contributed by atoms with van der Waals surface area (Å²) in [5, 5.41) is 0. The zero-order valence-electron chi connectivity index (χ0n) is 8.23. The first-order valence-corrected chi connectivity index (χ1v) is 4.55. The maximum absolute atomic E-state index is 11.7. The maximum Gasteiger partial charge on any atom is 0.265 e. The van der Waals surface area contributed by atoms with Crippen LogP contribution in [-0.2, 0) is 0 Å². The highest BCUT2D eigenvalue weighted by Gasteiger charge is 2.33. The van der Waals surface area contributed by atoms with Crippen molar-refractivity contribution in [3.63, 3.8) is 0 Å².